The predicted molar refractivity (Wildman–Crippen MR) is 72.7 cm³/mol. The fraction of sp³-hybridized carbons (Fsp3) is 0. The van der Waals surface area contributed by atoms with Gasteiger partial charge in [-0.05, 0) is 24.3 Å². The summed E-state index contributed by atoms with van der Waals surface area (Å²) in [5.41, 5.74) is 12.0. The van der Waals surface area contributed by atoms with Gasteiger partial charge in [-0.2, -0.15) is 9.97 Å². The lowest BCUT2D eigenvalue weighted by atomic mass is 10.2. The van der Waals surface area contributed by atoms with Crippen molar-refractivity contribution in [1.82, 2.24) is 15.0 Å². The first-order valence-electron chi connectivity index (χ1n) is 5.64. The van der Waals surface area contributed by atoms with Crippen LogP contribution in [-0.4, -0.2) is 15.0 Å². The van der Waals surface area contributed by atoms with Crippen LogP contribution < -0.4 is 16.2 Å². The van der Waals surface area contributed by atoms with Crippen LogP contribution >= 0.6 is 0 Å². The monoisotopic (exact) mass is 253 g/mol. The molecular formula is C13H11N5O. The third kappa shape index (κ3) is 2.23. The molecule has 6 nitrogen and oxygen atoms in total. The smallest absolute Gasteiger partial charge is 0.226 e. The van der Waals surface area contributed by atoms with Crippen LogP contribution in [-0.2, 0) is 0 Å². The molecule has 0 atom stereocenters. The van der Waals surface area contributed by atoms with Gasteiger partial charge in [-0.15, -0.1) is 0 Å². The summed E-state index contributed by atoms with van der Waals surface area (Å²) < 4.78 is 5.70. The maximum Gasteiger partial charge on any atom is 0.226 e. The van der Waals surface area contributed by atoms with E-state index >= 15 is 0 Å². The lowest BCUT2D eigenvalue weighted by Gasteiger charge is -2.08. The highest BCUT2D eigenvalue weighted by atomic mass is 16.5. The van der Waals surface area contributed by atoms with Crippen molar-refractivity contribution in [3.63, 3.8) is 0 Å². The molecule has 0 amide bonds. The van der Waals surface area contributed by atoms with Gasteiger partial charge in [0, 0.05) is 17.6 Å². The second-order valence-electron chi connectivity index (χ2n) is 3.92. The molecule has 0 saturated carbocycles. The number of benzene rings is 1. The standard InChI is InChI=1S/C13H11N5O/c14-11-7-12(18-13(15)17-11)19-10-5-1-4-9-8(10)3-2-6-16-9/h1-7H,(H4,14,15,17,18). The molecule has 3 aromatic rings. The molecule has 0 bridgehead atoms. The Bertz CT molecular complexity index is 718. The van der Waals surface area contributed by atoms with Gasteiger partial charge in [0.15, 0.2) is 0 Å². The lowest BCUT2D eigenvalue weighted by Crippen LogP contribution is -2.00. The van der Waals surface area contributed by atoms with E-state index in [1.165, 1.54) is 6.07 Å². The molecule has 4 N–H and O–H groups in total. The molecule has 3 rings (SSSR count). The lowest BCUT2D eigenvalue weighted by molar-refractivity contribution is 0.468. The van der Waals surface area contributed by atoms with Crippen molar-refractivity contribution < 1.29 is 4.74 Å². The normalized spacial score (nSPS) is 10.5. The minimum absolute atomic E-state index is 0.0772. The average molecular weight is 253 g/mol. The SMILES string of the molecule is Nc1cc(Oc2cccc3ncccc23)nc(N)n1. The molecule has 2 aromatic heterocycles. The minimum atomic E-state index is 0.0772. The van der Waals surface area contributed by atoms with Crippen LogP contribution in [0, 0.1) is 0 Å². The van der Waals surface area contributed by atoms with Gasteiger partial charge in [-0.25, -0.2) is 0 Å². The number of rotatable bonds is 2. The summed E-state index contributed by atoms with van der Waals surface area (Å²) in [7, 11) is 0. The fourth-order valence-corrected chi connectivity index (χ4v) is 1.79. The number of hydrogen-bond donors (Lipinski definition) is 2. The van der Waals surface area contributed by atoms with E-state index in [1.54, 1.807) is 6.20 Å². The quantitative estimate of drug-likeness (QED) is 0.724. The Hall–Kier alpha value is -2.89. The first-order valence-corrected chi connectivity index (χ1v) is 5.64. The Labute approximate surface area is 109 Å². The molecule has 0 fully saturated rings. The summed E-state index contributed by atoms with van der Waals surface area (Å²) in [6.07, 6.45) is 1.73. The van der Waals surface area contributed by atoms with Crippen LogP contribution in [0.3, 0.4) is 0 Å². The Balaban J connectivity index is 2.05. The molecule has 0 aliphatic rings. The summed E-state index contributed by atoms with van der Waals surface area (Å²) in [4.78, 5) is 12.0. The first kappa shape index (κ1) is 11.2. The predicted octanol–water partition coefficient (Wildman–Crippen LogP) is 1.98. The van der Waals surface area contributed by atoms with Crippen molar-refractivity contribution in [1.29, 1.82) is 0 Å². The van der Waals surface area contributed by atoms with E-state index in [0.717, 1.165) is 10.9 Å². The molecule has 0 unspecified atom stereocenters. The highest BCUT2D eigenvalue weighted by Gasteiger charge is 2.06. The number of aromatic nitrogens is 3. The zero-order chi connectivity index (χ0) is 13.2. The zero-order valence-corrected chi connectivity index (χ0v) is 9.95. The second-order valence-corrected chi connectivity index (χ2v) is 3.92. The second kappa shape index (κ2) is 4.41. The molecule has 2 heterocycles. The topological polar surface area (TPSA) is 99.9 Å². The van der Waals surface area contributed by atoms with Gasteiger partial charge >= 0.3 is 0 Å². The van der Waals surface area contributed by atoms with Crippen LogP contribution in [0.5, 0.6) is 11.6 Å². The first-order chi connectivity index (χ1) is 9.22. The van der Waals surface area contributed by atoms with E-state index in [1.807, 2.05) is 30.3 Å². The van der Waals surface area contributed by atoms with E-state index in [2.05, 4.69) is 15.0 Å². The number of ether oxygens (including phenoxy) is 1. The van der Waals surface area contributed by atoms with E-state index in [9.17, 15) is 0 Å². The molecule has 0 radical (unpaired) electrons. The molecule has 1 aromatic carbocycles. The van der Waals surface area contributed by atoms with Crippen LogP contribution in [0.2, 0.25) is 0 Å². The molecule has 94 valence electrons. The third-order valence-corrected chi connectivity index (χ3v) is 2.56. The molecule has 0 aliphatic carbocycles. The highest BCUT2D eigenvalue weighted by Crippen LogP contribution is 2.28. The number of pyridine rings is 1. The Morgan fingerprint density at radius 3 is 2.74 bits per heavy atom. The van der Waals surface area contributed by atoms with Crippen molar-refractivity contribution in [3.05, 3.63) is 42.6 Å². The maximum atomic E-state index is 5.70. The summed E-state index contributed by atoms with van der Waals surface area (Å²) >= 11 is 0. The van der Waals surface area contributed by atoms with Crippen LogP contribution in [0.25, 0.3) is 10.9 Å². The van der Waals surface area contributed by atoms with Gasteiger partial charge in [0.25, 0.3) is 0 Å². The van der Waals surface area contributed by atoms with Gasteiger partial charge in [0.05, 0.1) is 5.52 Å². The zero-order valence-electron chi connectivity index (χ0n) is 9.95. The number of nitrogens with two attached hydrogens (primary N) is 2. The van der Waals surface area contributed by atoms with Crippen LogP contribution in [0.1, 0.15) is 0 Å². The number of fused-ring (bicyclic) bond motifs is 1. The van der Waals surface area contributed by atoms with E-state index in [4.69, 9.17) is 16.2 Å². The average Bonchev–Trinajstić information content (AvgIpc) is 2.38. The molecule has 19 heavy (non-hydrogen) atoms. The van der Waals surface area contributed by atoms with E-state index < -0.39 is 0 Å². The molecule has 0 saturated heterocycles. The molecular weight excluding hydrogens is 242 g/mol. The largest absolute Gasteiger partial charge is 0.438 e. The van der Waals surface area contributed by atoms with Crippen molar-refractivity contribution in [2.24, 2.45) is 0 Å². The van der Waals surface area contributed by atoms with Gasteiger partial charge in [-0.3, -0.25) is 4.98 Å². The molecule has 0 spiro atoms. The maximum absolute atomic E-state index is 5.70. The fourth-order valence-electron chi connectivity index (χ4n) is 1.79. The summed E-state index contributed by atoms with van der Waals surface area (Å²) in [6, 6.07) is 10.9. The van der Waals surface area contributed by atoms with Gasteiger partial charge in [-0.1, -0.05) is 6.07 Å². The number of nitrogens with zero attached hydrogens (tertiary/aromatic N) is 3. The Morgan fingerprint density at radius 1 is 1.00 bits per heavy atom. The highest BCUT2D eigenvalue weighted by molar-refractivity contribution is 5.85. The van der Waals surface area contributed by atoms with Crippen molar-refractivity contribution in [3.8, 4) is 11.6 Å². The summed E-state index contributed by atoms with van der Waals surface area (Å²) in [5.74, 6) is 1.29. The van der Waals surface area contributed by atoms with Crippen LogP contribution in [0.15, 0.2) is 42.6 Å². The van der Waals surface area contributed by atoms with Crippen molar-refractivity contribution >= 4 is 22.7 Å². The Morgan fingerprint density at radius 2 is 1.89 bits per heavy atom. The van der Waals surface area contributed by atoms with E-state index in [-0.39, 0.29) is 11.8 Å². The van der Waals surface area contributed by atoms with Gasteiger partial charge in [0.1, 0.15) is 11.6 Å². The summed E-state index contributed by atoms with van der Waals surface area (Å²) in [6.45, 7) is 0. The summed E-state index contributed by atoms with van der Waals surface area (Å²) in [5, 5.41) is 0.890. The van der Waals surface area contributed by atoms with Crippen LogP contribution in [0.4, 0.5) is 11.8 Å². The number of hydrogen-bond acceptors (Lipinski definition) is 6. The number of nitrogen functional groups attached to an aromatic ring is 2. The Kier molecular flexibility index (Phi) is 2.60. The van der Waals surface area contributed by atoms with Gasteiger partial charge in [0.2, 0.25) is 11.8 Å². The molecule has 0 aliphatic heterocycles. The minimum Gasteiger partial charge on any atom is -0.438 e. The molecule has 6 heteroatoms. The third-order valence-electron chi connectivity index (χ3n) is 2.56. The van der Waals surface area contributed by atoms with Gasteiger partial charge < -0.3 is 16.2 Å². The van der Waals surface area contributed by atoms with Crippen molar-refractivity contribution in [2.45, 2.75) is 0 Å². The van der Waals surface area contributed by atoms with E-state index in [0.29, 0.717) is 11.6 Å². The number of anilines is 2. The van der Waals surface area contributed by atoms with Crippen molar-refractivity contribution in [2.75, 3.05) is 11.5 Å².